The number of aliphatic hydroxyl groups excluding tert-OH is 2. The van der Waals surface area contributed by atoms with Crippen molar-refractivity contribution in [2.45, 2.75) is 32.1 Å². The topological polar surface area (TPSA) is 104 Å². The van der Waals surface area contributed by atoms with Gasteiger partial charge >= 0.3 is 11.9 Å². The highest BCUT2D eigenvalue weighted by atomic mass is 16.5. The summed E-state index contributed by atoms with van der Waals surface area (Å²) in [7, 11) is 0. The molecule has 3 N–H and O–H groups in total. The van der Waals surface area contributed by atoms with Crippen LogP contribution in [0, 0.1) is 0 Å². The molecule has 0 amide bonds. The molecule has 6 heteroatoms. The average Bonchev–Trinajstić information content (AvgIpc) is 2.44. The second-order valence-corrected chi connectivity index (χ2v) is 3.89. The minimum atomic E-state index is -0.946. The number of carboxylic acids is 1. The van der Waals surface area contributed by atoms with Crippen molar-refractivity contribution in [2.75, 3.05) is 19.8 Å². The number of carbonyl (C=O) groups is 2. The maximum atomic E-state index is 10.4. The average molecular weight is 288 g/mol. The van der Waals surface area contributed by atoms with E-state index in [4.69, 9.17) is 15.3 Å². The Balaban J connectivity index is 0. The minimum Gasteiger partial charge on any atom is -0.478 e. The van der Waals surface area contributed by atoms with E-state index < -0.39 is 11.9 Å². The maximum absolute atomic E-state index is 10.4. The quantitative estimate of drug-likeness (QED) is 0.318. The van der Waals surface area contributed by atoms with Crippen molar-refractivity contribution >= 4 is 11.9 Å². The summed E-state index contributed by atoms with van der Waals surface area (Å²) >= 11 is 0. The van der Waals surface area contributed by atoms with Crippen molar-refractivity contribution in [3.63, 3.8) is 0 Å². The molecule has 0 rings (SSSR count). The zero-order valence-corrected chi connectivity index (χ0v) is 11.7. The molecule has 0 aromatic carbocycles. The van der Waals surface area contributed by atoms with Gasteiger partial charge in [-0.1, -0.05) is 13.2 Å². The van der Waals surface area contributed by atoms with E-state index in [1.165, 1.54) is 0 Å². The van der Waals surface area contributed by atoms with Gasteiger partial charge in [-0.15, -0.1) is 0 Å². The first-order chi connectivity index (χ1) is 9.49. The first kappa shape index (κ1) is 20.7. The van der Waals surface area contributed by atoms with Crippen LogP contribution in [0.15, 0.2) is 24.8 Å². The van der Waals surface area contributed by atoms with Gasteiger partial charge in [-0.2, -0.15) is 0 Å². The molecule has 0 radical (unpaired) electrons. The van der Waals surface area contributed by atoms with Crippen molar-refractivity contribution < 1.29 is 29.6 Å². The first-order valence-corrected chi connectivity index (χ1v) is 6.41. The Morgan fingerprint density at radius 3 is 2.05 bits per heavy atom. The summed E-state index contributed by atoms with van der Waals surface area (Å²) < 4.78 is 4.63. The largest absolute Gasteiger partial charge is 0.478 e. The van der Waals surface area contributed by atoms with E-state index in [0.717, 1.165) is 6.08 Å². The highest BCUT2D eigenvalue weighted by molar-refractivity contribution is 5.85. The van der Waals surface area contributed by atoms with Crippen LogP contribution in [0.2, 0.25) is 0 Å². The van der Waals surface area contributed by atoms with E-state index in [2.05, 4.69) is 17.9 Å². The number of ether oxygens (including phenoxy) is 1. The van der Waals surface area contributed by atoms with Gasteiger partial charge in [-0.3, -0.25) is 0 Å². The van der Waals surface area contributed by atoms with Gasteiger partial charge in [0.15, 0.2) is 0 Å². The number of esters is 1. The predicted octanol–water partition coefficient (Wildman–Crippen LogP) is 1.28. The van der Waals surface area contributed by atoms with E-state index in [0.29, 0.717) is 38.7 Å². The molecule has 0 heterocycles. The van der Waals surface area contributed by atoms with Gasteiger partial charge in [0.2, 0.25) is 0 Å². The highest BCUT2D eigenvalue weighted by Crippen LogP contribution is 2.03. The Morgan fingerprint density at radius 2 is 1.60 bits per heavy atom. The monoisotopic (exact) mass is 288 g/mol. The number of carbonyl (C=O) groups excluding carboxylic acids is 1. The fourth-order valence-corrected chi connectivity index (χ4v) is 1.00. The van der Waals surface area contributed by atoms with Crippen LogP contribution in [0.1, 0.15) is 32.1 Å². The molecule has 0 unspecified atom stereocenters. The van der Waals surface area contributed by atoms with Gasteiger partial charge < -0.3 is 20.1 Å². The van der Waals surface area contributed by atoms with Gasteiger partial charge in [0.1, 0.15) is 0 Å². The summed E-state index contributed by atoms with van der Waals surface area (Å²) in [5, 5.41) is 25.0. The normalized spacial score (nSPS) is 9.10. The van der Waals surface area contributed by atoms with E-state index in [1.807, 2.05) is 0 Å². The van der Waals surface area contributed by atoms with Crippen molar-refractivity contribution in [1.29, 1.82) is 0 Å². The summed E-state index contributed by atoms with van der Waals surface area (Å²) in [6.07, 6.45) is 4.31. The summed E-state index contributed by atoms with van der Waals surface area (Å²) in [5.41, 5.74) is 0.216. The summed E-state index contributed by atoms with van der Waals surface area (Å²) in [5.74, 6) is -1.35. The summed E-state index contributed by atoms with van der Waals surface area (Å²) in [6, 6.07) is 0. The second-order valence-electron chi connectivity index (χ2n) is 3.89. The van der Waals surface area contributed by atoms with Crippen molar-refractivity contribution in [2.24, 2.45) is 0 Å². The highest BCUT2D eigenvalue weighted by Gasteiger charge is 2.01. The number of aliphatic hydroxyl groups is 2. The van der Waals surface area contributed by atoms with Gasteiger partial charge in [-0.05, 0) is 32.1 Å². The second kappa shape index (κ2) is 15.4. The molecular weight excluding hydrogens is 264 g/mol. The van der Waals surface area contributed by atoms with Crippen molar-refractivity contribution in [1.82, 2.24) is 0 Å². The molecule has 0 spiro atoms. The molecule has 0 aliphatic rings. The summed E-state index contributed by atoms with van der Waals surface area (Å²) in [6.45, 7) is 7.21. The lowest BCUT2D eigenvalue weighted by Crippen LogP contribution is -2.02. The third kappa shape index (κ3) is 16.3. The Labute approximate surface area is 119 Å². The van der Waals surface area contributed by atoms with Crippen LogP contribution in [0.5, 0.6) is 0 Å². The molecule has 6 nitrogen and oxygen atoms in total. The lowest BCUT2D eigenvalue weighted by atomic mass is 10.1. The molecule has 0 atom stereocenters. The zero-order chi connectivity index (χ0) is 15.8. The van der Waals surface area contributed by atoms with Gasteiger partial charge in [0, 0.05) is 24.9 Å². The maximum Gasteiger partial charge on any atom is 0.330 e. The van der Waals surface area contributed by atoms with Crippen LogP contribution in [0.3, 0.4) is 0 Å². The molecule has 0 aliphatic carbocycles. The van der Waals surface area contributed by atoms with Crippen LogP contribution >= 0.6 is 0 Å². The fourth-order valence-electron chi connectivity index (χ4n) is 1.00. The van der Waals surface area contributed by atoms with Crippen molar-refractivity contribution in [3.05, 3.63) is 24.8 Å². The van der Waals surface area contributed by atoms with E-state index in [-0.39, 0.29) is 18.8 Å². The Bertz CT molecular complexity index is 296. The number of aliphatic carboxylic acids is 1. The van der Waals surface area contributed by atoms with Crippen molar-refractivity contribution in [3.8, 4) is 0 Å². The van der Waals surface area contributed by atoms with Gasteiger partial charge in [-0.25, -0.2) is 9.59 Å². The van der Waals surface area contributed by atoms with E-state index in [1.54, 1.807) is 0 Å². The van der Waals surface area contributed by atoms with Gasteiger partial charge in [0.05, 0.1) is 6.61 Å². The van der Waals surface area contributed by atoms with Crippen LogP contribution in [0.25, 0.3) is 0 Å². The SMILES string of the molecule is C=C(CCCCO)C(=O)O.C=CC(=O)OCCCCO. The standard InChI is InChI=1S/2C7H12O3/c1-6(7(9)10)4-2-3-5-8;1-2-7(9)10-6-4-3-5-8/h8H,1-5H2,(H,9,10);2,8H,1,3-6H2. The number of unbranched alkanes of at least 4 members (excludes halogenated alkanes) is 2. The van der Waals surface area contributed by atoms with Crippen LogP contribution in [-0.4, -0.2) is 47.1 Å². The molecule has 0 aromatic rings. The molecule has 0 fully saturated rings. The van der Waals surface area contributed by atoms with E-state index >= 15 is 0 Å². The summed E-state index contributed by atoms with van der Waals surface area (Å²) in [4.78, 5) is 20.5. The lowest BCUT2D eigenvalue weighted by Gasteiger charge is -1.98. The molecule has 0 aliphatic heterocycles. The lowest BCUT2D eigenvalue weighted by molar-refractivity contribution is -0.138. The Kier molecular flexibility index (Phi) is 15.9. The van der Waals surface area contributed by atoms with Crippen LogP contribution in [0.4, 0.5) is 0 Å². The van der Waals surface area contributed by atoms with Crippen LogP contribution in [-0.2, 0) is 14.3 Å². The molecule has 116 valence electrons. The Hall–Kier alpha value is -1.66. The molecule has 0 aromatic heterocycles. The third-order valence-corrected chi connectivity index (χ3v) is 2.15. The zero-order valence-electron chi connectivity index (χ0n) is 11.7. The number of rotatable bonds is 10. The molecule has 0 saturated carbocycles. The van der Waals surface area contributed by atoms with Gasteiger partial charge in [0.25, 0.3) is 0 Å². The Morgan fingerprint density at radius 1 is 1.05 bits per heavy atom. The third-order valence-electron chi connectivity index (χ3n) is 2.15. The molecule has 20 heavy (non-hydrogen) atoms. The number of carboxylic acid groups (broad SMARTS) is 1. The minimum absolute atomic E-state index is 0.118. The van der Waals surface area contributed by atoms with E-state index in [9.17, 15) is 9.59 Å². The molecular formula is C14H24O6. The number of hydrogen-bond donors (Lipinski definition) is 3. The smallest absolute Gasteiger partial charge is 0.330 e. The number of hydrogen-bond acceptors (Lipinski definition) is 5. The fraction of sp³-hybridized carbons (Fsp3) is 0.571. The predicted molar refractivity (Wildman–Crippen MR) is 75.2 cm³/mol. The molecule has 0 bridgehead atoms. The molecule has 0 saturated heterocycles. The first-order valence-electron chi connectivity index (χ1n) is 6.41. The van der Waals surface area contributed by atoms with Crippen LogP contribution < -0.4 is 0 Å².